The Morgan fingerprint density at radius 2 is 1.90 bits per heavy atom. The maximum absolute atomic E-state index is 6.46. The third-order valence-electron chi connectivity index (χ3n) is 6.33. The van der Waals surface area contributed by atoms with Crippen LogP contribution in [0.4, 0.5) is 0 Å². The first-order valence-electron chi connectivity index (χ1n) is 10.1. The average Bonchev–Trinajstić information content (AvgIpc) is 3.21. The standard InChI is InChI=1S/C20H29BrClN3O4Si/c1-19(2,3)30(6,7)26-9-12-14-15(29-20(4,5)28-14)18(27-12)25-8-11(21)13-16(22)23-10-24-17(13)25/h8,10,12,14-15,18H,9H2,1-7H3/t12-,14+,15+,18+/m0/s1. The molecule has 0 unspecified atom stereocenters. The predicted octanol–water partition coefficient (Wildman–Crippen LogP) is 5.29. The lowest BCUT2D eigenvalue weighted by atomic mass is 10.1. The summed E-state index contributed by atoms with van der Waals surface area (Å²) in [7, 11) is -1.93. The van der Waals surface area contributed by atoms with Crippen LogP contribution in [-0.2, 0) is 18.6 Å². The minimum Gasteiger partial charge on any atom is -0.414 e. The summed E-state index contributed by atoms with van der Waals surface area (Å²) in [5.74, 6) is -0.695. The van der Waals surface area contributed by atoms with E-state index in [2.05, 4.69) is 59.8 Å². The Hall–Kier alpha value is -0.553. The number of halogens is 2. The third-order valence-corrected chi connectivity index (χ3v) is 11.7. The van der Waals surface area contributed by atoms with E-state index in [9.17, 15) is 0 Å². The molecule has 0 radical (unpaired) electrons. The molecule has 0 bridgehead atoms. The van der Waals surface area contributed by atoms with E-state index in [0.29, 0.717) is 17.4 Å². The van der Waals surface area contributed by atoms with E-state index in [0.717, 1.165) is 9.86 Å². The molecule has 166 valence electrons. The van der Waals surface area contributed by atoms with Crippen LogP contribution >= 0.6 is 27.5 Å². The van der Waals surface area contributed by atoms with Crippen molar-refractivity contribution in [1.82, 2.24) is 14.5 Å². The Morgan fingerprint density at radius 1 is 1.23 bits per heavy atom. The number of rotatable bonds is 4. The van der Waals surface area contributed by atoms with Crippen LogP contribution < -0.4 is 0 Å². The smallest absolute Gasteiger partial charge is 0.192 e. The van der Waals surface area contributed by atoms with Crippen LogP contribution in [0, 0.1) is 0 Å². The van der Waals surface area contributed by atoms with Gasteiger partial charge in [-0.1, -0.05) is 32.4 Å². The SMILES string of the molecule is CC1(C)O[C@@H]2[C@H](O1)[C@H](CO[Si](C)(C)C(C)(C)C)O[C@H]2n1cc(Br)c2c(Cl)ncnc21. The van der Waals surface area contributed by atoms with Crippen molar-refractivity contribution in [3.8, 4) is 0 Å². The van der Waals surface area contributed by atoms with E-state index in [1.807, 2.05) is 24.6 Å². The molecular formula is C20H29BrClN3O4Si. The van der Waals surface area contributed by atoms with Crippen molar-refractivity contribution in [2.75, 3.05) is 6.61 Å². The van der Waals surface area contributed by atoms with Crippen LogP contribution in [0.2, 0.25) is 23.3 Å². The van der Waals surface area contributed by atoms with E-state index in [1.165, 1.54) is 6.33 Å². The molecule has 30 heavy (non-hydrogen) atoms. The highest BCUT2D eigenvalue weighted by molar-refractivity contribution is 9.10. The molecule has 2 aliphatic rings. The van der Waals surface area contributed by atoms with Gasteiger partial charge in [0.15, 0.2) is 20.3 Å². The molecule has 0 N–H and O–H groups in total. The lowest BCUT2D eigenvalue weighted by Gasteiger charge is -2.37. The molecule has 4 atom stereocenters. The van der Waals surface area contributed by atoms with Crippen LogP contribution in [0.5, 0.6) is 0 Å². The molecule has 7 nitrogen and oxygen atoms in total. The lowest BCUT2D eigenvalue weighted by Crippen LogP contribution is -2.44. The highest BCUT2D eigenvalue weighted by Crippen LogP contribution is 2.46. The number of nitrogens with zero attached hydrogens (tertiary/aromatic N) is 3. The first kappa shape index (κ1) is 22.6. The predicted molar refractivity (Wildman–Crippen MR) is 121 cm³/mol. The van der Waals surface area contributed by atoms with Gasteiger partial charge in [-0.05, 0) is 47.9 Å². The fraction of sp³-hybridized carbons (Fsp3) is 0.700. The molecule has 2 fully saturated rings. The van der Waals surface area contributed by atoms with Crippen molar-refractivity contribution in [2.45, 2.75) is 83.1 Å². The normalized spacial score (nSPS) is 29.0. The topological polar surface area (TPSA) is 67.6 Å². The highest BCUT2D eigenvalue weighted by atomic mass is 79.9. The van der Waals surface area contributed by atoms with Gasteiger partial charge < -0.3 is 23.2 Å². The average molecular weight is 519 g/mol. The van der Waals surface area contributed by atoms with Gasteiger partial charge in [-0.25, -0.2) is 9.97 Å². The van der Waals surface area contributed by atoms with E-state index >= 15 is 0 Å². The molecule has 10 heteroatoms. The highest BCUT2D eigenvalue weighted by Gasteiger charge is 2.56. The maximum Gasteiger partial charge on any atom is 0.192 e. The van der Waals surface area contributed by atoms with Gasteiger partial charge in [-0.15, -0.1) is 0 Å². The molecule has 0 amide bonds. The Bertz CT molecular complexity index is 961. The largest absolute Gasteiger partial charge is 0.414 e. The zero-order chi connectivity index (χ0) is 22.1. The second-order valence-corrected chi connectivity index (χ2v) is 16.0. The molecule has 2 aromatic heterocycles. The van der Waals surface area contributed by atoms with Crippen molar-refractivity contribution in [2.24, 2.45) is 0 Å². The monoisotopic (exact) mass is 517 g/mol. The fourth-order valence-corrected chi connectivity index (χ4v) is 5.67. The Morgan fingerprint density at radius 3 is 2.57 bits per heavy atom. The molecule has 0 aliphatic carbocycles. The maximum atomic E-state index is 6.46. The van der Waals surface area contributed by atoms with Crippen LogP contribution in [0.25, 0.3) is 11.0 Å². The van der Waals surface area contributed by atoms with Crippen molar-refractivity contribution >= 4 is 46.9 Å². The summed E-state index contributed by atoms with van der Waals surface area (Å²) in [4.78, 5) is 8.53. The molecule has 2 aromatic rings. The summed E-state index contributed by atoms with van der Waals surface area (Å²) in [6.07, 6.45) is 2.19. The van der Waals surface area contributed by atoms with Gasteiger partial charge >= 0.3 is 0 Å². The van der Waals surface area contributed by atoms with Crippen molar-refractivity contribution in [3.05, 3.63) is 22.1 Å². The van der Waals surface area contributed by atoms with E-state index in [4.69, 9.17) is 30.2 Å². The summed E-state index contributed by atoms with van der Waals surface area (Å²) < 4.78 is 28.2. The second-order valence-electron chi connectivity index (χ2n) is 9.95. The molecule has 0 aromatic carbocycles. The van der Waals surface area contributed by atoms with Gasteiger partial charge in [-0.3, -0.25) is 0 Å². The van der Waals surface area contributed by atoms with Gasteiger partial charge in [0.1, 0.15) is 35.4 Å². The molecule has 2 saturated heterocycles. The van der Waals surface area contributed by atoms with Gasteiger partial charge in [0, 0.05) is 10.7 Å². The Kier molecular flexibility index (Phi) is 5.66. The molecule has 2 aliphatic heterocycles. The summed E-state index contributed by atoms with van der Waals surface area (Å²) in [5.41, 5.74) is 0.685. The molecule has 0 spiro atoms. The molecular weight excluding hydrogens is 490 g/mol. The van der Waals surface area contributed by atoms with Crippen molar-refractivity contribution in [1.29, 1.82) is 0 Å². The number of aromatic nitrogens is 3. The number of fused-ring (bicyclic) bond motifs is 2. The fourth-order valence-electron chi connectivity index (χ4n) is 3.72. The summed E-state index contributed by atoms with van der Waals surface area (Å²) >= 11 is 9.88. The van der Waals surface area contributed by atoms with Crippen LogP contribution in [0.3, 0.4) is 0 Å². The zero-order valence-corrected chi connectivity index (χ0v) is 21.7. The molecule has 4 rings (SSSR count). The second kappa shape index (κ2) is 7.50. The van der Waals surface area contributed by atoms with Crippen molar-refractivity contribution in [3.63, 3.8) is 0 Å². The minimum absolute atomic E-state index is 0.117. The molecule has 4 heterocycles. The first-order valence-corrected chi connectivity index (χ1v) is 14.2. The van der Waals surface area contributed by atoms with Crippen LogP contribution in [0.15, 0.2) is 17.0 Å². The molecule has 0 saturated carbocycles. The quantitative estimate of drug-likeness (QED) is 0.405. The summed E-state index contributed by atoms with van der Waals surface area (Å²) in [6.45, 7) is 15.5. The van der Waals surface area contributed by atoms with E-state index in [-0.39, 0.29) is 23.4 Å². The number of hydrogen-bond donors (Lipinski definition) is 0. The van der Waals surface area contributed by atoms with Gasteiger partial charge in [0.25, 0.3) is 0 Å². The summed E-state index contributed by atoms with van der Waals surface area (Å²) in [6, 6.07) is 0. The van der Waals surface area contributed by atoms with E-state index < -0.39 is 20.3 Å². The van der Waals surface area contributed by atoms with Gasteiger partial charge in [0.05, 0.1) is 12.0 Å². The van der Waals surface area contributed by atoms with Gasteiger partial charge in [0.2, 0.25) is 0 Å². The number of ether oxygens (including phenoxy) is 3. The summed E-state index contributed by atoms with van der Waals surface area (Å²) in [5, 5.41) is 1.26. The Labute approximate surface area is 191 Å². The third kappa shape index (κ3) is 3.87. The minimum atomic E-state index is -1.93. The lowest BCUT2D eigenvalue weighted by molar-refractivity contribution is -0.199. The van der Waals surface area contributed by atoms with Crippen molar-refractivity contribution < 1.29 is 18.6 Å². The van der Waals surface area contributed by atoms with Crippen LogP contribution in [-0.4, -0.2) is 53.6 Å². The van der Waals surface area contributed by atoms with Crippen LogP contribution in [0.1, 0.15) is 40.8 Å². The zero-order valence-electron chi connectivity index (χ0n) is 18.4. The van der Waals surface area contributed by atoms with Gasteiger partial charge in [-0.2, -0.15) is 0 Å². The Balaban J connectivity index is 1.65. The first-order chi connectivity index (χ1) is 13.8. The van der Waals surface area contributed by atoms with E-state index in [1.54, 1.807) is 0 Å². The number of hydrogen-bond acceptors (Lipinski definition) is 6.